The number of guanidine groups is 1. The number of halogens is 1. The van der Waals surface area contributed by atoms with Gasteiger partial charge in [-0.25, -0.2) is 9.98 Å². The smallest absolute Gasteiger partial charge is 0.191 e. The number of aromatic nitrogens is 4. The minimum atomic E-state index is -1.06. The van der Waals surface area contributed by atoms with Gasteiger partial charge in [-0.3, -0.25) is 4.68 Å². The van der Waals surface area contributed by atoms with E-state index in [4.69, 9.17) is 0 Å². The predicted molar refractivity (Wildman–Crippen MR) is 129 cm³/mol. The molecule has 0 aliphatic carbocycles. The van der Waals surface area contributed by atoms with Gasteiger partial charge in [0.1, 0.15) is 18.0 Å². The number of rotatable bonds is 8. The second-order valence-electron chi connectivity index (χ2n) is 7.18. The number of imidazole rings is 1. The number of aliphatic imine (C=N–C) groups is 1. The summed E-state index contributed by atoms with van der Waals surface area (Å²) in [6, 6.07) is 10.3. The first-order valence-electron chi connectivity index (χ1n) is 9.75. The summed E-state index contributed by atoms with van der Waals surface area (Å²) in [5.41, 5.74) is 0.908. The predicted octanol–water partition coefficient (Wildman–Crippen LogP) is 2.25. The van der Waals surface area contributed by atoms with Gasteiger partial charge in [0, 0.05) is 44.3 Å². The molecule has 9 heteroatoms. The molecule has 1 unspecified atom stereocenters. The van der Waals surface area contributed by atoms with Crippen LogP contribution in [-0.2, 0) is 25.7 Å². The zero-order valence-electron chi connectivity index (χ0n) is 17.6. The molecule has 3 rings (SSSR count). The maximum absolute atomic E-state index is 10.8. The quantitative estimate of drug-likeness (QED) is 0.239. The molecule has 0 amide bonds. The Bertz CT molecular complexity index is 934. The number of nitrogens with zero attached hydrogens (tertiary/aromatic N) is 5. The summed E-state index contributed by atoms with van der Waals surface area (Å²) in [6.07, 6.45) is 7.24. The van der Waals surface area contributed by atoms with Crippen LogP contribution in [0.25, 0.3) is 0 Å². The number of nitrogens with one attached hydrogen (secondary N) is 2. The number of aliphatic hydroxyl groups is 1. The van der Waals surface area contributed by atoms with E-state index < -0.39 is 5.60 Å². The normalized spacial score (nSPS) is 13.4. The highest BCUT2D eigenvalue weighted by molar-refractivity contribution is 14.0. The van der Waals surface area contributed by atoms with Gasteiger partial charge in [0.25, 0.3) is 0 Å². The van der Waals surface area contributed by atoms with Crippen LogP contribution >= 0.6 is 24.0 Å². The van der Waals surface area contributed by atoms with Crippen molar-refractivity contribution in [3.05, 3.63) is 72.1 Å². The van der Waals surface area contributed by atoms with E-state index >= 15 is 0 Å². The zero-order valence-corrected chi connectivity index (χ0v) is 19.9. The van der Waals surface area contributed by atoms with Gasteiger partial charge < -0.3 is 20.3 Å². The van der Waals surface area contributed by atoms with Crippen LogP contribution in [0.4, 0.5) is 0 Å². The number of benzene rings is 1. The number of aryl methyl sites for hydroxylation is 1. The molecule has 1 aromatic carbocycles. The van der Waals surface area contributed by atoms with Crippen molar-refractivity contribution < 1.29 is 5.11 Å². The fourth-order valence-corrected chi connectivity index (χ4v) is 2.96. The Kier molecular flexibility index (Phi) is 8.85. The van der Waals surface area contributed by atoms with Crippen LogP contribution in [0.3, 0.4) is 0 Å². The van der Waals surface area contributed by atoms with Gasteiger partial charge in [0.15, 0.2) is 5.96 Å². The lowest BCUT2D eigenvalue weighted by Gasteiger charge is -2.23. The third-order valence-electron chi connectivity index (χ3n) is 4.65. The maximum atomic E-state index is 10.8. The molecule has 0 aliphatic heterocycles. The van der Waals surface area contributed by atoms with Crippen molar-refractivity contribution in [2.45, 2.75) is 32.5 Å². The van der Waals surface area contributed by atoms with E-state index in [0.717, 1.165) is 24.5 Å². The van der Waals surface area contributed by atoms with Crippen molar-refractivity contribution in [1.29, 1.82) is 0 Å². The van der Waals surface area contributed by atoms with Crippen molar-refractivity contribution in [3.8, 4) is 0 Å². The van der Waals surface area contributed by atoms with Crippen LogP contribution in [0.1, 0.15) is 30.8 Å². The molecule has 1 atom stereocenters. The maximum Gasteiger partial charge on any atom is 0.191 e. The average molecular weight is 523 g/mol. The Morgan fingerprint density at radius 3 is 2.67 bits per heavy atom. The zero-order chi connectivity index (χ0) is 20.7. The number of hydrogen-bond acceptors (Lipinski definition) is 4. The average Bonchev–Trinajstić information content (AvgIpc) is 3.34. The summed E-state index contributed by atoms with van der Waals surface area (Å²) in [5, 5.41) is 21.3. The molecule has 0 bridgehead atoms. The second-order valence-corrected chi connectivity index (χ2v) is 7.18. The molecule has 0 aliphatic rings. The lowest BCUT2D eigenvalue weighted by molar-refractivity contribution is 0.0616. The van der Waals surface area contributed by atoms with Gasteiger partial charge in [-0.2, -0.15) is 5.10 Å². The highest BCUT2D eigenvalue weighted by Gasteiger charge is 2.25. The van der Waals surface area contributed by atoms with Crippen LogP contribution in [-0.4, -0.2) is 43.5 Å². The summed E-state index contributed by atoms with van der Waals surface area (Å²) in [6.45, 7) is 5.98. The minimum Gasteiger partial charge on any atom is -0.383 e. The summed E-state index contributed by atoms with van der Waals surface area (Å²) in [5.74, 6) is 1.51. The molecule has 0 fully saturated rings. The van der Waals surface area contributed by atoms with E-state index in [1.54, 1.807) is 24.0 Å². The molecule has 0 saturated heterocycles. The van der Waals surface area contributed by atoms with Crippen LogP contribution in [0.5, 0.6) is 0 Å². The Morgan fingerprint density at radius 1 is 1.23 bits per heavy atom. The Hall–Kier alpha value is -2.40. The molecule has 3 aromatic rings. The van der Waals surface area contributed by atoms with E-state index in [0.29, 0.717) is 19.0 Å². The largest absolute Gasteiger partial charge is 0.383 e. The fraction of sp³-hybridized carbons (Fsp3) is 0.381. The topological polar surface area (TPSA) is 92.3 Å². The van der Waals surface area contributed by atoms with E-state index in [1.165, 1.54) is 5.56 Å². The Balaban J connectivity index is 0.00000320. The molecule has 0 radical (unpaired) electrons. The second kappa shape index (κ2) is 11.1. The first-order chi connectivity index (χ1) is 14.0. The van der Waals surface area contributed by atoms with E-state index in [1.807, 2.05) is 44.6 Å². The molecule has 162 valence electrons. The van der Waals surface area contributed by atoms with Crippen LogP contribution in [0.2, 0.25) is 0 Å². The summed E-state index contributed by atoms with van der Waals surface area (Å²) < 4.78 is 3.77. The van der Waals surface area contributed by atoms with Gasteiger partial charge in [-0.05, 0) is 19.4 Å². The Labute approximate surface area is 194 Å². The molecule has 8 nitrogen and oxygen atoms in total. The third kappa shape index (κ3) is 6.56. The highest BCUT2D eigenvalue weighted by Crippen LogP contribution is 2.18. The molecule has 2 heterocycles. The lowest BCUT2D eigenvalue weighted by Crippen LogP contribution is -2.44. The third-order valence-corrected chi connectivity index (χ3v) is 4.65. The van der Waals surface area contributed by atoms with Crippen LogP contribution in [0, 0.1) is 0 Å². The van der Waals surface area contributed by atoms with Gasteiger partial charge in [0.2, 0.25) is 0 Å². The fourth-order valence-electron chi connectivity index (χ4n) is 2.96. The summed E-state index contributed by atoms with van der Waals surface area (Å²) in [7, 11) is 1.83. The molecular formula is C21H30IN7O. The Morgan fingerprint density at radius 2 is 2.00 bits per heavy atom. The van der Waals surface area contributed by atoms with Gasteiger partial charge in [-0.1, -0.05) is 30.3 Å². The standard InChI is InChI=1S/C21H29N7O.HI/c1-4-22-20(25-16-21(2,29)18-12-26-27(3)15-18)24-13-19-23-10-11-28(19)14-17-8-6-5-7-9-17;/h5-12,15,29H,4,13-14,16H2,1-3H3,(H2,22,24,25);1H. The number of hydrogen-bond donors (Lipinski definition) is 3. The van der Waals surface area contributed by atoms with Gasteiger partial charge in [0.05, 0.1) is 12.7 Å². The molecular weight excluding hydrogens is 493 g/mol. The molecule has 3 N–H and O–H groups in total. The van der Waals surface area contributed by atoms with E-state index in [9.17, 15) is 5.11 Å². The summed E-state index contributed by atoms with van der Waals surface area (Å²) in [4.78, 5) is 9.08. The van der Waals surface area contributed by atoms with Crippen molar-refractivity contribution >= 4 is 29.9 Å². The van der Waals surface area contributed by atoms with E-state index in [-0.39, 0.29) is 24.0 Å². The first-order valence-corrected chi connectivity index (χ1v) is 9.75. The SMILES string of the molecule is CCNC(=NCc1nccn1Cc1ccccc1)NCC(C)(O)c1cnn(C)c1.I. The highest BCUT2D eigenvalue weighted by atomic mass is 127. The molecule has 30 heavy (non-hydrogen) atoms. The van der Waals surface area contributed by atoms with Crippen molar-refractivity contribution in [2.75, 3.05) is 13.1 Å². The first kappa shape index (κ1) is 23.9. The van der Waals surface area contributed by atoms with Gasteiger partial charge >= 0.3 is 0 Å². The van der Waals surface area contributed by atoms with Crippen LogP contribution in [0.15, 0.2) is 60.1 Å². The lowest BCUT2D eigenvalue weighted by atomic mass is 10.00. The molecule has 0 saturated carbocycles. The summed E-state index contributed by atoms with van der Waals surface area (Å²) >= 11 is 0. The van der Waals surface area contributed by atoms with Crippen molar-refractivity contribution in [2.24, 2.45) is 12.0 Å². The van der Waals surface area contributed by atoms with Crippen molar-refractivity contribution in [1.82, 2.24) is 30.0 Å². The monoisotopic (exact) mass is 523 g/mol. The van der Waals surface area contributed by atoms with Crippen LogP contribution < -0.4 is 10.6 Å². The molecule has 2 aromatic heterocycles. The van der Waals surface area contributed by atoms with Crippen molar-refractivity contribution in [3.63, 3.8) is 0 Å². The molecule has 0 spiro atoms. The van der Waals surface area contributed by atoms with E-state index in [2.05, 4.69) is 42.4 Å². The van der Waals surface area contributed by atoms with Gasteiger partial charge in [-0.15, -0.1) is 24.0 Å². The minimum absolute atomic E-state index is 0.